The molecule has 1 unspecified atom stereocenters. The van der Waals surface area contributed by atoms with Gasteiger partial charge in [-0.2, -0.15) is 0 Å². The van der Waals surface area contributed by atoms with Crippen LogP contribution in [0.4, 0.5) is 5.69 Å². The predicted molar refractivity (Wildman–Crippen MR) is 130 cm³/mol. The Labute approximate surface area is 190 Å². The Kier molecular flexibility index (Phi) is 5.71. The van der Waals surface area contributed by atoms with E-state index < -0.39 is 6.29 Å². The van der Waals surface area contributed by atoms with Gasteiger partial charge in [0.15, 0.2) is 11.0 Å². The molecule has 32 heavy (non-hydrogen) atoms. The molecule has 1 aromatic carbocycles. The summed E-state index contributed by atoms with van der Waals surface area (Å²) in [5, 5.41) is 5.88. The monoisotopic (exact) mass is 443 g/mol. The van der Waals surface area contributed by atoms with Gasteiger partial charge in [-0.1, -0.05) is 42.1 Å². The van der Waals surface area contributed by atoms with E-state index in [-0.39, 0.29) is 0 Å². The zero-order valence-electron chi connectivity index (χ0n) is 17.3. The SMILES string of the molecule is CSC1=NC2N=C(Nc3ccc(Oc4ccncc4)cc3)NN2C(C2=CC=CCC=C2)=N1. The number of anilines is 1. The van der Waals surface area contributed by atoms with Crippen molar-refractivity contribution >= 4 is 34.4 Å². The van der Waals surface area contributed by atoms with Gasteiger partial charge in [0.05, 0.1) is 0 Å². The molecule has 0 saturated carbocycles. The number of ether oxygens (including phenoxy) is 1. The van der Waals surface area contributed by atoms with Crippen molar-refractivity contribution in [2.45, 2.75) is 12.7 Å². The van der Waals surface area contributed by atoms with Crippen LogP contribution >= 0.6 is 11.8 Å². The highest BCUT2D eigenvalue weighted by Gasteiger charge is 2.33. The van der Waals surface area contributed by atoms with Crippen LogP contribution in [0.2, 0.25) is 0 Å². The molecule has 0 amide bonds. The fourth-order valence-electron chi connectivity index (χ4n) is 3.27. The average molecular weight is 444 g/mol. The number of amidine groups is 2. The Bertz CT molecular complexity index is 1170. The summed E-state index contributed by atoms with van der Waals surface area (Å²) in [6.07, 6.45) is 16.2. The number of hydrazine groups is 1. The molecule has 3 aliphatic rings. The Morgan fingerprint density at radius 3 is 2.69 bits per heavy atom. The number of allylic oxidation sites excluding steroid dienone is 4. The summed E-state index contributed by atoms with van der Waals surface area (Å²) >= 11 is 1.51. The minimum Gasteiger partial charge on any atom is -0.457 e. The lowest BCUT2D eigenvalue weighted by Gasteiger charge is -2.28. The molecule has 1 aliphatic carbocycles. The smallest absolute Gasteiger partial charge is 0.241 e. The molecule has 160 valence electrons. The summed E-state index contributed by atoms with van der Waals surface area (Å²) in [4.78, 5) is 18.0. The maximum absolute atomic E-state index is 5.82. The van der Waals surface area contributed by atoms with Gasteiger partial charge in [0, 0.05) is 23.7 Å². The summed E-state index contributed by atoms with van der Waals surface area (Å²) in [6, 6.07) is 11.3. The summed E-state index contributed by atoms with van der Waals surface area (Å²) in [6.45, 7) is 0. The van der Waals surface area contributed by atoms with Crippen LogP contribution in [0.5, 0.6) is 11.5 Å². The van der Waals surface area contributed by atoms with Crippen molar-refractivity contribution in [3.63, 3.8) is 0 Å². The van der Waals surface area contributed by atoms with E-state index in [1.165, 1.54) is 11.8 Å². The molecule has 3 heterocycles. The summed E-state index contributed by atoms with van der Waals surface area (Å²) in [7, 11) is 0. The highest BCUT2D eigenvalue weighted by molar-refractivity contribution is 8.13. The first-order valence-corrected chi connectivity index (χ1v) is 11.3. The van der Waals surface area contributed by atoms with Gasteiger partial charge in [-0.05, 0) is 49.1 Å². The van der Waals surface area contributed by atoms with Crippen molar-refractivity contribution in [1.82, 2.24) is 15.4 Å². The number of aliphatic imine (C=N–C) groups is 3. The van der Waals surface area contributed by atoms with Crippen LogP contribution in [-0.2, 0) is 0 Å². The molecule has 0 fully saturated rings. The van der Waals surface area contributed by atoms with Gasteiger partial charge in [-0.15, -0.1) is 0 Å². The van der Waals surface area contributed by atoms with E-state index >= 15 is 0 Å². The first kappa shape index (κ1) is 20.1. The van der Waals surface area contributed by atoms with Crippen molar-refractivity contribution in [2.75, 3.05) is 11.6 Å². The second kappa shape index (κ2) is 9.11. The van der Waals surface area contributed by atoms with E-state index in [4.69, 9.17) is 14.7 Å². The van der Waals surface area contributed by atoms with Gasteiger partial charge >= 0.3 is 0 Å². The number of thioether (sulfide) groups is 1. The Morgan fingerprint density at radius 1 is 1.06 bits per heavy atom. The van der Waals surface area contributed by atoms with Gasteiger partial charge in [0.25, 0.3) is 0 Å². The van der Waals surface area contributed by atoms with Crippen LogP contribution in [-0.4, -0.2) is 39.5 Å². The number of fused-ring (bicyclic) bond motifs is 1. The molecule has 0 saturated heterocycles. The highest BCUT2D eigenvalue weighted by atomic mass is 32.2. The molecule has 9 heteroatoms. The number of hydrogen-bond donors (Lipinski definition) is 2. The first-order chi connectivity index (χ1) is 15.8. The largest absolute Gasteiger partial charge is 0.457 e. The van der Waals surface area contributed by atoms with E-state index in [0.29, 0.717) is 11.1 Å². The molecule has 0 radical (unpaired) electrons. The molecule has 5 rings (SSSR count). The lowest BCUT2D eigenvalue weighted by molar-refractivity contribution is 0.320. The van der Waals surface area contributed by atoms with Crippen molar-refractivity contribution in [2.24, 2.45) is 15.0 Å². The number of hydrogen-bond acceptors (Lipinski definition) is 9. The molecule has 0 bridgehead atoms. The molecule has 8 nitrogen and oxygen atoms in total. The van der Waals surface area contributed by atoms with Crippen LogP contribution in [0.3, 0.4) is 0 Å². The molecule has 2 N–H and O–H groups in total. The molecule has 1 atom stereocenters. The van der Waals surface area contributed by atoms with Gasteiger partial charge in [-0.3, -0.25) is 10.4 Å². The third-order valence-corrected chi connectivity index (χ3v) is 5.34. The Balaban J connectivity index is 1.30. The second-order valence-corrected chi connectivity index (χ2v) is 7.75. The summed E-state index contributed by atoms with van der Waals surface area (Å²) in [5.41, 5.74) is 5.18. The third-order valence-electron chi connectivity index (χ3n) is 4.78. The number of rotatable bonds is 4. The molecule has 2 aromatic rings. The molecular formula is C23H21N7OS. The van der Waals surface area contributed by atoms with Crippen molar-refractivity contribution in [1.29, 1.82) is 0 Å². The molecule has 2 aliphatic heterocycles. The second-order valence-electron chi connectivity index (χ2n) is 6.98. The van der Waals surface area contributed by atoms with Crippen molar-refractivity contribution in [3.05, 3.63) is 84.7 Å². The van der Waals surface area contributed by atoms with E-state index in [1.54, 1.807) is 12.4 Å². The number of nitrogens with zero attached hydrogens (tertiary/aromatic N) is 5. The van der Waals surface area contributed by atoms with Gasteiger partial charge in [0.1, 0.15) is 11.5 Å². The minimum atomic E-state index is -0.414. The molecular weight excluding hydrogens is 422 g/mol. The number of benzene rings is 1. The average Bonchev–Trinajstić information content (AvgIpc) is 3.03. The quantitative estimate of drug-likeness (QED) is 0.732. The zero-order valence-corrected chi connectivity index (χ0v) is 18.2. The van der Waals surface area contributed by atoms with Gasteiger partial charge in [0.2, 0.25) is 12.2 Å². The van der Waals surface area contributed by atoms with Crippen LogP contribution < -0.4 is 15.5 Å². The number of pyridine rings is 1. The third kappa shape index (κ3) is 4.42. The van der Waals surface area contributed by atoms with Crippen LogP contribution in [0.15, 0.2) is 99.7 Å². The van der Waals surface area contributed by atoms with E-state index in [2.05, 4.69) is 45.0 Å². The predicted octanol–water partition coefficient (Wildman–Crippen LogP) is 4.32. The highest BCUT2D eigenvalue weighted by Crippen LogP contribution is 2.25. The lowest BCUT2D eigenvalue weighted by atomic mass is 10.2. The summed E-state index contributed by atoms with van der Waals surface area (Å²) in [5.74, 6) is 2.87. The van der Waals surface area contributed by atoms with Crippen LogP contribution in [0.25, 0.3) is 0 Å². The van der Waals surface area contributed by atoms with Gasteiger partial charge in [-0.25, -0.2) is 20.0 Å². The van der Waals surface area contributed by atoms with E-state index in [9.17, 15) is 0 Å². The van der Waals surface area contributed by atoms with Gasteiger partial charge < -0.3 is 10.1 Å². The first-order valence-electron chi connectivity index (χ1n) is 10.1. The molecule has 0 spiro atoms. The number of guanidine groups is 1. The minimum absolute atomic E-state index is 0.414. The maximum atomic E-state index is 5.82. The maximum Gasteiger partial charge on any atom is 0.241 e. The fraction of sp³-hybridized carbons (Fsp3) is 0.130. The van der Waals surface area contributed by atoms with Crippen LogP contribution in [0.1, 0.15) is 6.42 Å². The lowest BCUT2D eigenvalue weighted by Crippen LogP contribution is -2.48. The topological polar surface area (TPSA) is 86.5 Å². The Hall–Kier alpha value is -3.85. The fourth-order valence-corrected chi connectivity index (χ4v) is 3.65. The normalized spacial score (nSPS) is 19.2. The number of aromatic nitrogens is 1. The zero-order chi connectivity index (χ0) is 21.8. The van der Waals surface area contributed by atoms with Crippen molar-refractivity contribution < 1.29 is 4.74 Å². The molecule has 1 aromatic heterocycles. The Morgan fingerprint density at radius 2 is 1.88 bits per heavy atom. The summed E-state index contributed by atoms with van der Waals surface area (Å²) < 4.78 is 5.82. The van der Waals surface area contributed by atoms with E-state index in [0.717, 1.165) is 35.0 Å². The standard InChI is InChI=1S/C23H21N7OS/c1-32-23-26-20(16-6-4-2-3-5-7-16)30-22(28-23)27-21(29-30)25-17-8-10-18(11-9-17)31-19-12-14-24-15-13-19/h2,4-15,22H,3H2,1H3,(H2,25,27,29). The van der Waals surface area contributed by atoms with E-state index in [1.807, 2.05) is 53.7 Å². The number of nitrogens with one attached hydrogen (secondary N) is 2. The van der Waals surface area contributed by atoms with Crippen molar-refractivity contribution in [3.8, 4) is 11.5 Å². The van der Waals surface area contributed by atoms with Crippen LogP contribution in [0, 0.1) is 0 Å².